The van der Waals surface area contributed by atoms with Crippen LogP contribution in [0.2, 0.25) is 5.15 Å². The summed E-state index contributed by atoms with van der Waals surface area (Å²) in [5.41, 5.74) is -0.714. The van der Waals surface area contributed by atoms with E-state index in [-0.39, 0.29) is 22.6 Å². The molecule has 0 fully saturated rings. The Bertz CT molecular complexity index is 970. The highest BCUT2D eigenvalue weighted by atomic mass is 35.5. The van der Waals surface area contributed by atoms with E-state index in [0.29, 0.717) is 5.69 Å². The first-order valence-corrected chi connectivity index (χ1v) is 6.88. The third kappa shape index (κ3) is 2.78. The normalized spacial score (nSPS) is 10.9. The number of pyridine rings is 1. The fourth-order valence-corrected chi connectivity index (χ4v) is 2.39. The second kappa shape index (κ2) is 5.77. The number of carboxylic acid groups (broad SMARTS) is 1. The highest BCUT2D eigenvalue weighted by Gasteiger charge is 2.17. The fourth-order valence-electron chi connectivity index (χ4n) is 2.29. The molecule has 1 aromatic carbocycles. The Hall–Kier alpha value is -2.80. The number of aromatic nitrogens is 3. The Morgan fingerprint density at radius 3 is 2.70 bits per heavy atom. The second-order valence-corrected chi connectivity index (χ2v) is 5.18. The number of hydrogen-bond acceptors (Lipinski definition) is 4. The fraction of sp³-hybridized carbons (Fsp3) is 0.0667. The summed E-state index contributed by atoms with van der Waals surface area (Å²) in [5.74, 6) is -2.00. The van der Waals surface area contributed by atoms with Gasteiger partial charge in [0.05, 0.1) is 17.8 Å². The number of para-hydroxylation sites is 1. The summed E-state index contributed by atoms with van der Waals surface area (Å²) in [5, 5.41) is 16.9. The number of hydrogen-bond donors (Lipinski definition) is 1. The Labute approximate surface area is 133 Å². The number of aromatic carboxylic acids is 1. The van der Waals surface area contributed by atoms with Crippen molar-refractivity contribution in [2.45, 2.75) is 6.54 Å². The summed E-state index contributed by atoms with van der Waals surface area (Å²) in [6.45, 7) is 0.0438. The van der Waals surface area contributed by atoms with Crippen LogP contribution in [0.5, 0.6) is 0 Å². The van der Waals surface area contributed by atoms with Crippen molar-refractivity contribution in [3.8, 4) is 0 Å². The molecule has 6 nitrogen and oxygen atoms in total. The Kier molecular flexibility index (Phi) is 3.79. The number of carboxylic acids is 1. The van der Waals surface area contributed by atoms with Crippen LogP contribution in [-0.2, 0) is 6.54 Å². The van der Waals surface area contributed by atoms with Crippen molar-refractivity contribution in [3.63, 3.8) is 0 Å². The summed E-state index contributed by atoms with van der Waals surface area (Å²) in [6, 6.07) is 7.05. The van der Waals surface area contributed by atoms with E-state index in [2.05, 4.69) is 10.2 Å². The number of rotatable bonds is 3. The topological polar surface area (TPSA) is 85.1 Å². The summed E-state index contributed by atoms with van der Waals surface area (Å²) < 4.78 is 15.5. The molecule has 0 atom stereocenters. The maximum atomic E-state index is 14.2. The van der Waals surface area contributed by atoms with Gasteiger partial charge in [-0.05, 0) is 24.3 Å². The van der Waals surface area contributed by atoms with Crippen molar-refractivity contribution < 1.29 is 14.3 Å². The summed E-state index contributed by atoms with van der Waals surface area (Å²) >= 11 is 5.66. The highest BCUT2D eigenvalue weighted by molar-refractivity contribution is 6.29. The monoisotopic (exact) mass is 333 g/mol. The van der Waals surface area contributed by atoms with Gasteiger partial charge < -0.3 is 9.67 Å². The van der Waals surface area contributed by atoms with Crippen LogP contribution in [-0.4, -0.2) is 25.8 Å². The average molecular weight is 334 g/mol. The van der Waals surface area contributed by atoms with Gasteiger partial charge in [-0.15, -0.1) is 5.10 Å². The molecule has 0 radical (unpaired) electrons. The van der Waals surface area contributed by atoms with Gasteiger partial charge in [0.2, 0.25) is 5.43 Å². The summed E-state index contributed by atoms with van der Waals surface area (Å²) in [6.07, 6.45) is 1.10. The molecule has 0 aliphatic rings. The van der Waals surface area contributed by atoms with Gasteiger partial charge in [0.1, 0.15) is 11.4 Å². The highest BCUT2D eigenvalue weighted by Crippen LogP contribution is 2.17. The minimum Gasteiger partial charge on any atom is -0.477 e. The standard InChI is InChI=1S/C15H9ClFN3O3/c16-12-5-4-8(18-19-12)6-20-7-10(15(22)23)14(21)9-2-1-3-11(17)13(9)20/h1-5,7H,6H2,(H,22,23). The van der Waals surface area contributed by atoms with E-state index in [1.165, 1.54) is 28.8 Å². The van der Waals surface area contributed by atoms with E-state index in [4.69, 9.17) is 16.7 Å². The van der Waals surface area contributed by atoms with E-state index in [9.17, 15) is 14.0 Å². The second-order valence-electron chi connectivity index (χ2n) is 4.79. The van der Waals surface area contributed by atoms with Gasteiger partial charge in [0, 0.05) is 11.6 Å². The zero-order valence-corrected chi connectivity index (χ0v) is 12.3. The molecular weight excluding hydrogens is 325 g/mol. The van der Waals surface area contributed by atoms with Crippen LogP contribution < -0.4 is 5.43 Å². The van der Waals surface area contributed by atoms with Gasteiger partial charge in [-0.2, -0.15) is 5.10 Å². The lowest BCUT2D eigenvalue weighted by molar-refractivity contribution is 0.0695. The molecule has 3 aromatic rings. The van der Waals surface area contributed by atoms with Crippen molar-refractivity contribution in [2.24, 2.45) is 0 Å². The van der Waals surface area contributed by atoms with Gasteiger partial charge in [-0.25, -0.2) is 9.18 Å². The first-order valence-electron chi connectivity index (χ1n) is 6.50. The molecule has 116 valence electrons. The number of nitrogens with zero attached hydrogens (tertiary/aromatic N) is 3. The maximum Gasteiger partial charge on any atom is 0.341 e. The largest absolute Gasteiger partial charge is 0.477 e. The molecule has 0 bridgehead atoms. The summed E-state index contributed by atoms with van der Waals surface area (Å²) in [4.78, 5) is 23.4. The van der Waals surface area contributed by atoms with Gasteiger partial charge in [0.25, 0.3) is 0 Å². The molecule has 0 unspecified atom stereocenters. The lowest BCUT2D eigenvalue weighted by atomic mass is 10.1. The van der Waals surface area contributed by atoms with E-state index in [1.54, 1.807) is 6.07 Å². The van der Waals surface area contributed by atoms with Crippen LogP contribution in [0.25, 0.3) is 10.9 Å². The first kappa shape index (κ1) is 15.1. The van der Waals surface area contributed by atoms with Crippen molar-refractivity contribution in [1.29, 1.82) is 0 Å². The number of carbonyl (C=O) groups is 1. The van der Waals surface area contributed by atoms with Gasteiger partial charge in [-0.1, -0.05) is 17.7 Å². The Balaban J connectivity index is 2.26. The SMILES string of the molecule is O=C(O)c1cn(Cc2ccc(Cl)nn2)c2c(F)cccc2c1=O. The quantitative estimate of drug-likeness (QED) is 0.795. The minimum atomic E-state index is -1.38. The number of halogens is 2. The first-order chi connectivity index (χ1) is 11.0. The van der Waals surface area contributed by atoms with Crippen molar-refractivity contribution in [2.75, 3.05) is 0 Å². The third-order valence-electron chi connectivity index (χ3n) is 3.30. The molecule has 0 aliphatic heterocycles. The van der Waals surface area contributed by atoms with Crippen molar-refractivity contribution in [3.05, 3.63) is 69.0 Å². The van der Waals surface area contributed by atoms with E-state index in [1.807, 2.05) is 0 Å². The average Bonchev–Trinajstić information content (AvgIpc) is 2.52. The van der Waals surface area contributed by atoms with Crippen LogP contribution in [0.3, 0.4) is 0 Å². The molecule has 0 saturated carbocycles. The van der Waals surface area contributed by atoms with Crippen molar-refractivity contribution >= 4 is 28.5 Å². The molecule has 2 heterocycles. The van der Waals surface area contributed by atoms with E-state index >= 15 is 0 Å². The van der Waals surface area contributed by atoms with Crippen LogP contribution in [0.15, 0.2) is 41.3 Å². The molecule has 3 rings (SSSR count). The molecule has 23 heavy (non-hydrogen) atoms. The number of fused-ring (bicyclic) bond motifs is 1. The Morgan fingerprint density at radius 2 is 2.04 bits per heavy atom. The summed E-state index contributed by atoms with van der Waals surface area (Å²) in [7, 11) is 0. The van der Waals surface area contributed by atoms with Crippen LogP contribution in [0.4, 0.5) is 4.39 Å². The van der Waals surface area contributed by atoms with Gasteiger partial charge >= 0.3 is 5.97 Å². The molecule has 8 heteroatoms. The number of benzene rings is 1. The van der Waals surface area contributed by atoms with E-state index < -0.39 is 22.8 Å². The molecule has 0 spiro atoms. The zero-order valence-electron chi connectivity index (χ0n) is 11.5. The minimum absolute atomic E-state index is 0.00757. The lowest BCUT2D eigenvalue weighted by Gasteiger charge is -2.12. The van der Waals surface area contributed by atoms with Crippen molar-refractivity contribution in [1.82, 2.24) is 14.8 Å². The van der Waals surface area contributed by atoms with Gasteiger partial charge in [0.15, 0.2) is 5.15 Å². The molecule has 2 aromatic heterocycles. The third-order valence-corrected chi connectivity index (χ3v) is 3.50. The molecule has 0 saturated heterocycles. The predicted octanol–water partition coefficient (Wildman–Crippen LogP) is 2.33. The zero-order chi connectivity index (χ0) is 16.6. The van der Waals surface area contributed by atoms with Crippen LogP contribution in [0.1, 0.15) is 16.1 Å². The molecule has 1 N–H and O–H groups in total. The van der Waals surface area contributed by atoms with E-state index in [0.717, 1.165) is 6.20 Å². The lowest BCUT2D eigenvalue weighted by Crippen LogP contribution is -2.20. The van der Waals surface area contributed by atoms with Gasteiger partial charge in [-0.3, -0.25) is 4.79 Å². The predicted molar refractivity (Wildman–Crippen MR) is 81.3 cm³/mol. The molecule has 0 aliphatic carbocycles. The smallest absolute Gasteiger partial charge is 0.341 e. The maximum absolute atomic E-state index is 14.2. The van der Waals surface area contributed by atoms with Crippen LogP contribution in [0, 0.1) is 5.82 Å². The Morgan fingerprint density at radius 1 is 1.26 bits per heavy atom. The van der Waals surface area contributed by atoms with Crippen LogP contribution >= 0.6 is 11.6 Å². The molecule has 0 amide bonds. The molecular formula is C15H9ClFN3O3.